The smallest absolute Gasteiger partial charge is 0.347 e. The van der Waals surface area contributed by atoms with Crippen LogP contribution >= 0.6 is 0 Å². The molecule has 5 nitrogen and oxygen atoms in total. The summed E-state index contributed by atoms with van der Waals surface area (Å²) in [7, 11) is 0. The molecular weight excluding hydrogens is 272 g/mol. The molecule has 0 aromatic rings. The van der Waals surface area contributed by atoms with Crippen molar-refractivity contribution in [3.05, 3.63) is 0 Å². The lowest BCUT2D eigenvalue weighted by molar-refractivity contribution is -0.225. The first kappa shape index (κ1) is 14.5. The van der Waals surface area contributed by atoms with Crippen LogP contribution < -0.4 is 0 Å². The fraction of sp³-hybridized carbons (Fsp3) is 0.812. The highest BCUT2D eigenvalue weighted by Crippen LogP contribution is 2.69. The summed E-state index contributed by atoms with van der Waals surface area (Å²) in [5.41, 5.74) is -0.975. The van der Waals surface area contributed by atoms with E-state index in [0.717, 1.165) is 6.42 Å². The van der Waals surface area contributed by atoms with Gasteiger partial charge in [-0.15, -0.1) is 0 Å². The molecule has 1 spiro atoms. The number of hydrogen-bond acceptors (Lipinski definition) is 5. The molecule has 116 valence electrons. The largest absolute Gasteiger partial charge is 0.463 e. The number of ketones is 1. The van der Waals surface area contributed by atoms with E-state index in [1.807, 2.05) is 13.8 Å². The number of ether oxygens (including phenoxy) is 2. The summed E-state index contributed by atoms with van der Waals surface area (Å²) in [6.45, 7) is 5.90. The van der Waals surface area contributed by atoms with Gasteiger partial charge >= 0.3 is 11.9 Å². The van der Waals surface area contributed by atoms with Crippen molar-refractivity contribution in [3.63, 3.8) is 0 Å². The predicted molar refractivity (Wildman–Crippen MR) is 73.2 cm³/mol. The van der Waals surface area contributed by atoms with Gasteiger partial charge in [-0.05, 0) is 37.5 Å². The van der Waals surface area contributed by atoms with Gasteiger partial charge in [0.2, 0.25) is 0 Å². The van der Waals surface area contributed by atoms with Crippen LogP contribution in [0.3, 0.4) is 0 Å². The van der Waals surface area contributed by atoms with Gasteiger partial charge in [0.25, 0.3) is 0 Å². The van der Waals surface area contributed by atoms with Gasteiger partial charge < -0.3 is 9.47 Å². The summed E-state index contributed by atoms with van der Waals surface area (Å²) in [6, 6.07) is 0. The highest BCUT2D eigenvalue weighted by molar-refractivity contribution is 5.94. The number of rotatable bonds is 0. The Morgan fingerprint density at radius 1 is 1.19 bits per heavy atom. The Hall–Kier alpha value is -1.39. The molecule has 1 saturated heterocycles. The maximum atomic E-state index is 12.7. The second-order valence-corrected chi connectivity index (χ2v) is 7.17. The van der Waals surface area contributed by atoms with Gasteiger partial charge in [0.05, 0.1) is 12.0 Å². The zero-order valence-corrected chi connectivity index (χ0v) is 12.8. The average molecular weight is 294 g/mol. The molecule has 0 unspecified atom stereocenters. The van der Waals surface area contributed by atoms with Crippen molar-refractivity contribution in [2.75, 3.05) is 6.61 Å². The molecule has 0 bridgehead atoms. The lowest BCUT2D eigenvalue weighted by atomic mass is 9.35. The molecule has 3 aliphatic rings. The van der Waals surface area contributed by atoms with E-state index in [1.165, 1.54) is 6.92 Å². The fourth-order valence-electron chi connectivity index (χ4n) is 5.06. The van der Waals surface area contributed by atoms with Gasteiger partial charge in [0, 0.05) is 12.3 Å². The van der Waals surface area contributed by atoms with Crippen LogP contribution in [0.25, 0.3) is 0 Å². The zero-order valence-electron chi connectivity index (χ0n) is 12.8. The van der Waals surface area contributed by atoms with Gasteiger partial charge in [-0.3, -0.25) is 9.59 Å². The van der Waals surface area contributed by atoms with E-state index in [0.29, 0.717) is 19.3 Å². The van der Waals surface area contributed by atoms with Gasteiger partial charge in [-0.1, -0.05) is 13.8 Å². The molecule has 0 radical (unpaired) electrons. The number of carbonyl (C=O) groups is 3. The lowest BCUT2D eigenvalue weighted by Gasteiger charge is -2.66. The Balaban J connectivity index is 2.02. The molecule has 21 heavy (non-hydrogen) atoms. The molecule has 0 aromatic heterocycles. The van der Waals surface area contributed by atoms with Crippen molar-refractivity contribution < 1.29 is 23.9 Å². The first-order valence-electron chi connectivity index (χ1n) is 7.72. The summed E-state index contributed by atoms with van der Waals surface area (Å²) in [5, 5.41) is 0. The predicted octanol–water partition coefficient (Wildman–Crippen LogP) is 1.88. The number of carbonyl (C=O) groups excluding carboxylic acids is 3. The van der Waals surface area contributed by atoms with Gasteiger partial charge in [-0.2, -0.15) is 0 Å². The van der Waals surface area contributed by atoms with Crippen LogP contribution in [0, 0.1) is 22.7 Å². The minimum atomic E-state index is -0.896. The molecule has 0 aromatic carbocycles. The molecule has 5 heteroatoms. The van der Waals surface area contributed by atoms with E-state index in [9.17, 15) is 14.4 Å². The minimum Gasteiger partial charge on any atom is -0.463 e. The second kappa shape index (κ2) is 4.55. The summed E-state index contributed by atoms with van der Waals surface area (Å²) < 4.78 is 10.5. The standard InChI is InChI=1S/C16H22O5/c1-9-13(18)20-8-6-11-15(2,3)12-10(17)5-4-7-16(11,12)14(19)21-9/h9,11-12H,4-8H2,1-3H3/t9-,11-,12+,16+/m0/s1. The summed E-state index contributed by atoms with van der Waals surface area (Å²) in [6.07, 6.45) is 1.66. The van der Waals surface area contributed by atoms with Gasteiger partial charge in [0.15, 0.2) is 6.10 Å². The van der Waals surface area contributed by atoms with Gasteiger partial charge in [0.1, 0.15) is 5.78 Å². The molecule has 2 saturated carbocycles. The third-order valence-electron chi connectivity index (χ3n) is 5.76. The quantitative estimate of drug-likeness (QED) is 0.638. The third kappa shape index (κ3) is 1.79. The topological polar surface area (TPSA) is 69.7 Å². The van der Waals surface area contributed by atoms with E-state index in [1.54, 1.807) is 0 Å². The van der Waals surface area contributed by atoms with Crippen molar-refractivity contribution in [2.45, 2.75) is 52.6 Å². The van der Waals surface area contributed by atoms with Crippen LogP contribution in [0.15, 0.2) is 0 Å². The minimum absolute atomic E-state index is 0.0323. The Morgan fingerprint density at radius 2 is 1.90 bits per heavy atom. The summed E-state index contributed by atoms with van der Waals surface area (Å²) in [5.74, 6) is -0.964. The van der Waals surface area contributed by atoms with Crippen LogP contribution in [-0.4, -0.2) is 30.4 Å². The molecule has 4 atom stereocenters. The first-order valence-corrected chi connectivity index (χ1v) is 7.72. The summed E-state index contributed by atoms with van der Waals surface area (Å²) >= 11 is 0. The molecule has 3 rings (SSSR count). The van der Waals surface area contributed by atoms with E-state index in [2.05, 4.69) is 0 Å². The molecule has 1 heterocycles. The Bertz CT molecular complexity index is 509. The van der Waals surface area contributed by atoms with Crippen LogP contribution in [-0.2, 0) is 23.9 Å². The van der Waals surface area contributed by atoms with E-state index < -0.39 is 17.5 Å². The molecule has 1 aliphatic heterocycles. The number of cyclic esters (lactones) is 2. The highest BCUT2D eigenvalue weighted by Gasteiger charge is 2.73. The Kier molecular flexibility index (Phi) is 3.15. The fourth-order valence-corrected chi connectivity index (χ4v) is 5.06. The second-order valence-electron chi connectivity index (χ2n) is 7.17. The normalized spacial score (nSPS) is 42.2. The third-order valence-corrected chi connectivity index (χ3v) is 5.76. The zero-order chi connectivity index (χ0) is 15.4. The molecule has 3 fully saturated rings. The Labute approximate surface area is 124 Å². The van der Waals surface area contributed by atoms with Crippen LogP contribution in [0.5, 0.6) is 0 Å². The summed E-state index contributed by atoms with van der Waals surface area (Å²) in [4.78, 5) is 36.9. The lowest BCUT2D eigenvalue weighted by Crippen LogP contribution is -2.70. The van der Waals surface area contributed by atoms with Crippen LogP contribution in [0.4, 0.5) is 0 Å². The van der Waals surface area contributed by atoms with Crippen molar-refractivity contribution in [3.8, 4) is 0 Å². The maximum Gasteiger partial charge on any atom is 0.347 e. The van der Waals surface area contributed by atoms with Gasteiger partial charge in [-0.25, -0.2) is 4.79 Å². The number of hydrogen-bond donors (Lipinski definition) is 0. The highest BCUT2D eigenvalue weighted by atomic mass is 16.6. The van der Waals surface area contributed by atoms with Crippen LogP contribution in [0.2, 0.25) is 0 Å². The average Bonchev–Trinajstić information content (AvgIpc) is 2.44. The SMILES string of the molecule is C[C@@H]1OC(=O)[C@@]23CCCC(=O)[C@@H]2C(C)(C)[C@@H]3CCOC1=O. The van der Waals surface area contributed by atoms with Crippen molar-refractivity contribution in [1.82, 2.24) is 0 Å². The monoisotopic (exact) mass is 294 g/mol. The molecule has 0 amide bonds. The molecule has 2 aliphatic carbocycles. The first-order chi connectivity index (χ1) is 9.81. The maximum absolute atomic E-state index is 12.7. The number of Topliss-reactive ketones (excluding diaryl/α,β-unsaturated/α-hetero) is 1. The van der Waals surface area contributed by atoms with E-state index in [4.69, 9.17) is 9.47 Å². The molecular formula is C16H22O5. The Morgan fingerprint density at radius 3 is 2.62 bits per heavy atom. The molecule has 0 N–H and O–H groups in total. The van der Waals surface area contributed by atoms with E-state index >= 15 is 0 Å². The van der Waals surface area contributed by atoms with E-state index in [-0.39, 0.29) is 35.6 Å². The number of esters is 2. The van der Waals surface area contributed by atoms with Crippen molar-refractivity contribution in [1.29, 1.82) is 0 Å². The van der Waals surface area contributed by atoms with Crippen LogP contribution in [0.1, 0.15) is 46.5 Å². The van der Waals surface area contributed by atoms with Crippen molar-refractivity contribution in [2.24, 2.45) is 22.7 Å². The van der Waals surface area contributed by atoms with Crippen molar-refractivity contribution >= 4 is 17.7 Å².